The number of halogens is 1. The van der Waals surface area contributed by atoms with Gasteiger partial charge in [-0.25, -0.2) is 13.1 Å². The van der Waals surface area contributed by atoms with Crippen molar-refractivity contribution in [1.29, 1.82) is 0 Å². The summed E-state index contributed by atoms with van der Waals surface area (Å²) in [5, 5.41) is 4.49. The zero-order valence-corrected chi connectivity index (χ0v) is 32.4. The lowest BCUT2D eigenvalue weighted by Gasteiger charge is -2.50. The fourth-order valence-electron chi connectivity index (χ4n) is 9.15. The number of amides is 1. The highest BCUT2D eigenvalue weighted by Crippen LogP contribution is 2.49. The maximum Gasteiger partial charge on any atom is 0.264 e. The smallest absolute Gasteiger partial charge is 0.264 e. The van der Waals surface area contributed by atoms with Crippen LogP contribution in [0.3, 0.4) is 0 Å². The van der Waals surface area contributed by atoms with E-state index in [2.05, 4.69) is 44.1 Å². The van der Waals surface area contributed by atoms with Gasteiger partial charge in [0.2, 0.25) is 5.91 Å². The molecule has 0 radical (unpaired) electrons. The lowest BCUT2D eigenvalue weighted by molar-refractivity contribution is -0.124. The van der Waals surface area contributed by atoms with E-state index in [1.807, 2.05) is 20.1 Å². The standard InChI is InChI=1S/C40H55ClN4O6S/c1-28-6-4-15-40(49-3,25-42-16-17-44-18-20-50-21-19-44)35-11-8-31(35)24-45-26-39(14-5-7-30-22-32(41)9-12-34(30)39)27-51-37-13-10-33(23-36(37)45)52(47,48)43-38(46)29(28)2/h4,9-10,12-13,15,22-23,28-29,31,35,42H,5-8,11,14,16-21,24-27H2,1-3H3,(H,43,46)/b15-4+/t28-,29+,31-,35+,39-,40+/m0/s1. The number of fused-ring (bicyclic) bond motifs is 4. The summed E-state index contributed by atoms with van der Waals surface area (Å²) < 4.78 is 48.7. The number of allylic oxidation sites excluding steroid dienone is 1. The number of sulfonamides is 1. The van der Waals surface area contributed by atoms with Crippen LogP contribution in [0.2, 0.25) is 5.02 Å². The van der Waals surface area contributed by atoms with Gasteiger partial charge in [0.05, 0.1) is 30.4 Å². The molecular formula is C40H55ClN4O6S. The minimum atomic E-state index is -4.12. The quantitative estimate of drug-likeness (QED) is 0.305. The predicted molar refractivity (Wildman–Crippen MR) is 204 cm³/mol. The Morgan fingerprint density at radius 3 is 2.71 bits per heavy atom. The zero-order chi connectivity index (χ0) is 36.5. The number of methoxy groups -OCH3 is 1. The number of benzene rings is 2. The number of nitrogens with zero attached hydrogens (tertiary/aromatic N) is 2. The average Bonchev–Trinajstić information content (AvgIpc) is 3.27. The Hall–Kier alpha value is -2.67. The van der Waals surface area contributed by atoms with E-state index in [0.29, 0.717) is 37.8 Å². The van der Waals surface area contributed by atoms with Crippen LogP contribution in [-0.4, -0.2) is 97.6 Å². The molecule has 2 aliphatic carbocycles. The molecule has 6 atom stereocenters. The molecule has 1 amide bonds. The van der Waals surface area contributed by atoms with Crippen LogP contribution in [0.25, 0.3) is 0 Å². The van der Waals surface area contributed by atoms with Gasteiger partial charge in [-0.2, -0.15) is 0 Å². The molecule has 7 rings (SSSR count). The van der Waals surface area contributed by atoms with Crippen molar-refractivity contribution in [1.82, 2.24) is 14.9 Å². The lowest BCUT2D eigenvalue weighted by Crippen LogP contribution is -2.56. The van der Waals surface area contributed by atoms with Gasteiger partial charge in [0.15, 0.2) is 0 Å². The number of carbonyl (C=O) groups excluding carboxylic acids is 1. The third kappa shape index (κ3) is 7.64. The number of morpholine rings is 1. The van der Waals surface area contributed by atoms with E-state index < -0.39 is 27.4 Å². The molecule has 2 aromatic rings. The van der Waals surface area contributed by atoms with E-state index in [1.165, 1.54) is 11.1 Å². The summed E-state index contributed by atoms with van der Waals surface area (Å²) in [4.78, 5) is 18.3. The van der Waals surface area contributed by atoms with Gasteiger partial charge in [0, 0.05) is 69.3 Å². The van der Waals surface area contributed by atoms with Crippen LogP contribution in [0.4, 0.5) is 5.69 Å². The first-order chi connectivity index (χ1) is 25.0. The van der Waals surface area contributed by atoms with Crippen LogP contribution in [-0.2, 0) is 36.1 Å². The molecule has 1 saturated carbocycles. The van der Waals surface area contributed by atoms with Crippen molar-refractivity contribution in [2.24, 2.45) is 23.7 Å². The summed E-state index contributed by atoms with van der Waals surface area (Å²) in [5.74, 6) is 0.0837. The van der Waals surface area contributed by atoms with E-state index in [-0.39, 0.29) is 22.1 Å². The Kier molecular flexibility index (Phi) is 11.3. The molecule has 52 heavy (non-hydrogen) atoms. The van der Waals surface area contributed by atoms with Crippen LogP contribution in [0.1, 0.15) is 57.1 Å². The fraction of sp³-hybridized carbons (Fsp3) is 0.625. The molecule has 3 aliphatic heterocycles. The Morgan fingerprint density at radius 1 is 1.12 bits per heavy atom. The van der Waals surface area contributed by atoms with Gasteiger partial charge < -0.3 is 24.4 Å². The fourth-order valence-corrected chi connectivity index (χ4v) is 10.4. The summed E-state index contributed by atoms with van der Waals surface area (Å²) in [6.07, 6.45) is 10.0. The molecule has 1 spiro atoms. The lowest BCUT2D eigenvalue weighted by atomic mass is 9.63. The average molecular weight is 755 g/mol. The van der Waals surface area contributed by atoms with E-state index in [9.17, 15) is 13.2 Å². The van der Waals surface area contributed by atoms with Gasteiger partial charge in [0.1, 0.15) is 11.4 Å². The molecule has 2 N–H and O–H groups in total. The van der Waals surface area contributed by atoms with Crippen molar-refractivity contribution in [2.75, 3.05) is 77.6 Å². The number of hydrogen-bond donors (Lipinski definition) is 2. The van der Waals surface area contributed by atoms with Crippen LogP contribution in [0.5, 0.6) is 5.75 Å². The van der Waals surface area contributed by atoms with E-state index in [4.69, 9.17) is 25.8 Å². The van der Waals surface area contributed by atoms with E-state index >= 15 is 0 Å². The molecule has 10 nitrogen and oxygen atoms in total. The van der Waals surface area contributed by atoms with Crippen LogP contribution >= 0.6 is 11.6 Å². The molecule has 284 valence electrons. The third-order valence-corrected chi connectivity index (χ3v) is 14.3. The second-order valence-corrected chi connectivity index (χ2v) is 18.0. The number of hydrogen-bond acceptors (Lipinski definition) is 9. The summed E-state index contributed by atoms with van der Waals surface area (Å²) in [6, 6.07) is 11.3. The molecule has 0 aromatic heterocycles. The third-order valence-electron chi connectivity index (χ3n) is 12.7. The van der Waals surface area contributed by atoms with Gasteiger partial charge in [0.25, 0.3) is 10.0 Å². The van der Waals surface area contributed by atoms with Gasteiger partial charge in [-0.1, -0.05) is 43.7 Å². The monoisotopic (exact) mass is 754 g/mol. The SMILES string of the molecule is CO[C@@]1(CNCCN2CCOCC2)/C=C/C[C@H](C)[C@@H](C)C(=O)NS(=O)(=O)c2ccc3c(c2)N(C[C@@H]2CC[C@H]21)C[C@@]1(CCCc2cc(Cl)ccc21)CO3. The molecule has 2 fully saturated rings. The number of nitrogens with one attached hydrogen (secondary N) is 2. The van der Waals surface area contributed by atoms with Crippen molar-refractivity contribution >= 4 is 33.2 Å². The summed E-state index contributed by atoms with van der Waals surface area (Å²) in [6.45, 7) is 11.6. The van der Waals surface area contributed by atoms with E-state index in [0.717, 1.165) is 88.8 Å². The molecule has 2 aromatic carbocycles. The highest BCUT2D eigenvalue weighted by atomic mass is 35.5. The van der Waals surface area contributed by atoms with Gasteiger partial charge >= 0.3 is 0 Å². The van der Waals surface area contributed by atoms with Crippen LogP contribution in [0.15, 0.2) is 53.4 Å². The summed E-state index contributed by atoms with van der Waals surface area (Å²) >= 11 is 6.49. The Balaban J connectivity index is 1.25. The Morgan fingerprint density at radius 2 is 1.94 bits per heavy atom. The first kappa shape index (κ1) is 37.6. The number of anilines is 1. The van der Waals surface area contributed by atoms with Crippen LogP contribution in [0, 0.1) is 23.7 Å². The summed E-state index contributed by atoms with van der Waals surface area (Å²) in [5.41, 5.74) is 2.42. The van der Waals surface area contributed by atoms with Crippen molar-refractivity contribution in [2.45, 2.75) is 68.3 Å². The molecule has 5 aliphatic rings. The number of aryl methyl sites for hydroxylation is 1. The second kappa shape index (κ2) is 15.6. The topological polar surface area (TPSA) is 109 Å². The number of rotatable bonds is 6. The molecule has 12 heteroatoms. The van der Waals surface area contributed by atoms with Crippen molar-refractivity contribution < 1.29 is 27.4 Å². The van der Waals surface area contributed by atoms with Gasteiger partial charge in [-0.05, 0) is 97.7 Å². The Labute approximate surface area is 314 Å². The molecule has 0 unspecified atom stereocenters. The molecule has 1 saturated heterocycles. The van der Waals surface area contributed by atoms with Crippen molar-refractivity contribution in [3.8, 4) is 5.75 Å². The minimum Gasteiger partial charge on any atom is -0.490 e. The van der Waals surface area contributed by atoms with Crippen molar-refractivity contribution in [3.63, 3.8) is 0 Å². The minimum absolute atomic E-state index is 0.0627. The molecule has 2 bridgehead atoms. The first-order valence-electron chi connectivity index (χ1n) is 19.1. The van der Waals surface area contributed by atoms with Crippen molar-refractivity contribution in [3.05, 3.63) is 64.7 Å². The number of carbonyl (C=O) groups is 1. The predicted octanol–water partition coefficient (Wildman–Crippen LogP) is 5.18. The maximum absolute atomic E-state index is 13.7. The molecular weight excluding hydrogens is 700 g/mol. The normalized spacial score (nSPS) is 32.8. The first-order valence-corrected chi connectivity index (χ1v) is 21.0. The molecule has 3 heterocycles. The highest BCUT2D eigenvalue weighted by molar-refractivity contribution is 7.90. The van der Waals surface area contributed by atoms with Crippen LogP contribution < -0.4 is 19.7 Å². The van der Waals surface area contributed by atoms with E-state index in [1.54, 1.807) is 25.1 Å². The summed E-state index contributed by atoms with van der Waals surface area (Å²) in [7, 11) is -2.30. The largest absolute Gasteiger partial charge is 0.490 e. The van der Waals surface area contributed by atoms with Gasteiger partial charge in [-0.3, -0.25) is 9.69 Å². The highest BCUT2D eigenvalue weighted by Gasteiger charge is 2.49. The second-order valence-electron chi connectivity index (χ2n) is 15.8. The Bertz CT molecular complexity index is 1750. The van der Waals surface area contributed by atoms with Gasteiger partial charge in [-0.15, -0.1) is 0 Å². The maximum atomic E-state index is 13.7. The zero-order valence-electron chi connectivity index (χ0n) is 30.9. The number of ether oxygens (including phenoxy) is 3.